The van der Waals surface area contributed by atoms with Crippen LogP contribution in [0.3, 0.4) is 0 Å². The highest BCUT2D eigenvalue weighted by molar-refractivity contribution is 7.89. The van der Waals surface area contributed by atoms with Crippen molar-refractivity contribution in [2.24, 2.45) is 5.14 Å². The zero-order valence-corrected chi connectivity index (χ0v) is 15.2. The number of halogens is 1. The number of anilines is 2. The van der Waals surface area contributed by atoms with Gasteiger partial charge in [-0.2, -0.15) is 0 Å². The van der Waals surface area contributed by atoms with Crippen molar-refractivity contribution in [2.45, 2.75) is 17.7 Å². The van der Waals surface area contributed by atoms with Crippen LogP contribution < -0.4 is 15.4 Å². The number of carbonyl (C=O) groups excluding carboxylic acids is 2. The topological polar surface area (TPSA) is 110 Å². The number of hydrogen-bond acceptors (Lipinski definition) is 4. The lowest BCUT2D eigenvalue weighted by molar-refractivity contribution is -0.117. The van der Waals surface area contributed by atoms with Gasteiger partial charge in [0, 0.05) is 29.9 Å². The highest BCUT2D eigenvalue weighted by atomic mass is 35.5. The summed E-state index contributed by atoms with van der Waals surface area (Å²) in [4.78, 5) is 25.5. The summed E-state index contributed by atoms with van der Waals surface area (Å²) in [6.07, 6.45) is 1.38. The minimum Gasteiger partial charge on any atom is -0.322 e. The second kappa shape index (κ2) is 7.06. The molecule has 26 heavy (non-hydrogen) atoms. The number of primary sulfonamides is 1. The van der Waals surface area contributed by atoms with E-state index in [1.807, 2.05) is 0 Å². The van der Waals surface area contributed by atoms with Crippen molar-refractivity contribution in [1.29, 1.82) is 0 Å². The largest absolute Gasteiger partial charge is 0.322 e. The minimum absolute atomic E-state index is 0.0521. The van der Waals surface area contributed by atoms with Gasteiger partial charge in [0.2, 0.25) is 15.9 Å². The third kappa shape index (κ3) is 3.87. The van der Waals surface area contributed by atoms with E-state index in [2.05, 4.69) is 5.32 Å². The molecule has 0 saturated carbocycles. The fourth-order valence-corrected chi connectivity index (χ4v) is 3.78. The van der Waals surface area contributed by atoms with Gasteiger partial charge in [-0.15, -0.1) is 0 Å². The standard InChI is InChI=1S/C17H16ClN3O4S/c18-14-8-3-11(10-15(14)26(19,24)25)17(23)20-12-4-6-13(7-5-12)21-9-1-2-16(21)22/h3-8,10H,1-2,9H2,(H,20,23)(H2,19,24,25). The second-order valence-corrected chi connectivity index (χ2v) is 7.78. The molecule has 3 rings (SSSR count). The Labute approximate surface area is 155 Å². The van der Waals surface area contributed by atoms with Gasteiger partial charge in [-0.25, -0.2) is 13.6 Å². The molecule has 0 spiro atoms. The molecule has 1 aliphatic heterocycles. The molecule has 1 aliphatic rings. The maximum absolute atomic E-state index is 12.3. The number of carbonyl (C=O) groups is 2. The molecule has 136 valence electrons. The van der Waals surface area contributed by atoms with Crippen molar-refractivity contribution in [3.8, 4) is 0 Å². The first-order valence-corrected chi connectivity index (χ1v) is 9.72. The van der Waals surface area contributed by atoms with Gasteiger partial charge in [-0.05, 0) is 48.9 Å². The van der Waals surface area contributed by atoms with E-state index in [-0.39, 0.29) is 21.4 Å². The van der Waals surface area contributed by atoms with Gasteiger partial charge < -0.3 is 10.2 Å². The van der Waals surface area contributed by atoms with Gasteiger partial charge in [-0.3, -0.25) is 9.59 Å². The zero-order valence-electron chi connectivity index (χ0n) is 13.6. The quantitative estimate of drug-likeness (QED) is 0.830. The molecule has 2 aromatic carbocycles. The van der Waals surface area contributed by atoms with Crippen LogP contribution >= 0.6 is 11.6 Å². The van der Waals surface area contributed by atoms with Crippen LogP contribution in [0.4, 0.5) is 11.4 Å². The molecule has 7 nitrogen and oxygen atoms in total. The Bertz CT molecular complexity index is 974. The molecule has 0 radical (unpaired) electrons. The average Bonchev–Trinajstić information content (AvgIpc) is 3.01. The number of sulfonamides is 1. The van der Waals surface area contributed by atoms with E-state index in [1.54, 1.807) is 29.2 Å². The first kappa shape index (κ1) is 18.4. The van der Waals surface area contributed by atoms with Gasteiger partial charge in [0.05, 0.1) is 5.02 Å². The van der Waals surface area contributed by atoms with Crippen molar-refractivity contribution in [2.75, 3.05) is 16.8 Å². The molecule has 2 aromatic rings. The molecule has 0 unspecified atom stereocenters. The van der Waals surface area contributed by atoms with Gasteiger partial charge >= 0.3 is 0 Å². The Balaban J connectivity index is 1.77. The molecule has 1 fully saturated rings. The number of nitrogens with two attached hydrogens (primary N) is 1. The molecule has 0 atom stereocenters. The molecule has 3 N–H and O–H groups in total. The number of rotatable bonds is 4. The molecule has 1 saturated heterocycles. The van der Waals surface area contributed by atoms with E-state index in [9.17, 15) is 18.0 Å². The SMILES string of the molecule is NS(=O)(=O)c1cc(C(=O)Nc2ccc(N3CCCC3=O)cc2)ccc1Cl. The normalized spacial score (nSPS) is 14.5. The Morgan fingerprint density at radius 2 is 1.85 bits per heavy atom. The van der Waals surface area contributed by atoms with Crippen LogP contribution in [0.5, 0.6) is 0 Å². The van der Waals surface area contributed by atoms with Crippen LogP contribution in [-0.2, 0) is 14.8 Å². The molecule has 0 aromatic heterocycles. The van der Waals surface area contributed by atoms with Crippen molar-refractivity contribution < 1.29 is 18.0 Å². The Morgan fingerprint density at radius 3 is 2.42 bits per heavy atom. The van der Waals surface area contributed by atoms with E-state index in [0.29, 0.717) is 18.7 Å². The van der Waals surface area contributed by atoms with E-state index >= 15 is 0 Å². The number of amides is 2. The van der Waals surface area contributed by atoms with Gasteiger partial charge in [0.15, 0.2) is 0 Å². The molecule has 9 heteroatoms. The third-order valence-electron chi connectivity index (χ3n) is 4.01. The lowest BCUT2D eigenvalue weighted by Crippen LogP contribution is -2.23. The van der Waals surface area contributed by atoms with Crippen molar-refractivity contribution >= 4 is 44.8 Å². The summed E-state index contributed by atoms with van der Waals surface area (Å²) in [5.41, 5.74) is 1.39. The molecular weight excluding hydrogens is 378 g/mol. The van der Waals surface area contributed by atoms with Crippen molar-refractivity contribution in [3.05, 3.63) is 53.1 Å². The van der Waals surface area contributed by atoms with E-state index < -0.39 is 15.9 Å². The Hall–Kier alpha value is -2.42. The highest BCUT2D eigenvalue weighted by Crippen LogP contribution is 2.24. The predicted octanol–water partition coefficient (Wildman–Crippen LogP) is 2.37. The smallest absolute Gasteiger partial charge is 0.255 e. The van der Waals surface area contributed by atoms with E-state index in [1.165, 1.54) is 12.1 Å². The maximum Gasteiger partial charge on any atom is 0.255 e. The number of nitrogens with one attached hydrogen (secondary N) is 1. The fourth-order valence-electron chi connectivity index (χ4n) is 2.71. The van der Waals surface area contributed by atoms with Gasteiger partial charge in [0.1, 0.15) is 4.90 Å². The van der Waals surface area contributed by atoms with E-state index in [4.69, 9.17) is 16.7 Å². The summed E-state index contributed by atoms with van der Waals surface area (Å²) >= 11 is 5.81. The Kier molecular flexibility index (Phi) is 4.99. The van der Waals surface area contributed by atoms with Crippen LogP contribution in [0.1, 0.15) is 23.2 Å². The molecule has 0 aliphatic carbocycles. The van der Waals surface area contributed by atoms with Crippen molar-refractivity contribution in [3.63, 3.8) is 0 Å². The second-order valence-electron chi connectivity index (χ2n) is 5.84. The van der Waals surface area contributed by atoms with Crippen LogP contribution in [0, 0.1) is 0 Å². The monoisotopic (exact) mass is 393 g/mol. The van der Waals surface area contributed by atoms with E-state index in [0.717, 1.165) is 18.2 Å². The number of nitrogens with zero attached hydrogens (tertiary/aromatic N) is 1. The van der Waals surface area contributed by atoms with Crippen LogP contribution in [0.15, 0.2) is 47.4 Å². The van der Waals surface area contributed by atoms with Crippen LogP contribution in [0.25, 0.3) is 0 Å². The maximum atomic E-state index is 12.3. The summed E-state index contributed by atoms with van der Waals surface area (Å²) in [6.45, 7) is 0.686. The number of hydrogen-bond donors (Lipinski definition) is 2. The minimum atomic E-state index is -4.03. The van der Waals surface area contributed by atoms with Gasteiger partial charge in [-0.1, -0.05) is 11.6 Å². The zero-order chi connectivity index (χ0) is 18.9. The van der Waals surface area contributed by atoms with Crippen LogP contribution in [0.2, 0.25) is 5.02 Å². The lowest BCUT2D eigenvalue weighted by atomic mass is 10.2. The van der Waals surface area contributed by atoms with Crippen molar-refractivity contribution in [1.82, 2.24) is 0 Å². The summed E-state index contributed by atoms with van der Waals surface area (Å²) in [6, 6.07) is 10.7. The predicted molar refractivity (Wildman–Crippen MR) is 98.8 cm³/mol. The molecule has 1 heterocycles. The lowest BCUT2D eigenvalue weighted by Gasteiger charge is -2.16. The number of benzene rings is 2. The first-order valence-electron chi connectivity index (χ1n) is 7.80. The summed E-state index contributed by atoms with van der Waals surface area (Å²) in [5.74, 6) is -0.421. The fraction of sp³-hybridized carbons (Fsp3) is 0.176. The van der Waals surface area contributed by atoms with Crippen LogP contribution in [-0.4, -0.2) is 26.8 Å². The summed E-state index contributed by atoms with van der Waals surface area (Å²) in [7, 11) is -4.03. The van der Waals surface area contributed by atoms with Gasteiger partial charge in [0.25, 0.3) is 5.91 Å². The summed E-state index contributed by atoms with van der Waals surface area (Å²) < 4.78 is 23.0. The average molecular weight is 394 g/mol. The molecule has 0 bridgehead atoms. The summed E-state index contributed by atoms with van der Waals surface area (Å²) in [5, 5.41) is 7.70. The molecule has 2 amide bonds. The third-order valence-corrected chi connectivity index (χ3v) is 5.40. The highest BCUT2D eigenvalue weighted by Gasteiger charge is 2.21. The first-order chi connectivity index (χ1) is 12.3. The Morgan fingerprint density at radius 1 is 1.15 bits per heavy atom. The molecular formula is C17H16ClN3O4S.